The van der Waals surface area contributed by atoms with Crippen molar-refractivity contribution in [2.45, 2.75) is 57.0 Å². The first-order valence-electron chi connectivity index (χ1n) is 6.76. The Balaban J connectivity index is 1.74. The van der Waals surface area contributed by atoms with Gasteiger partial charge in [0.25, 0.3) is 0 Å². The van der Waals surface area contributed by atoms with Gasteiger partial charge < -0.3 is 5.11 Å². The lowest BCUT2D eigenvalue weighted by atomic mass is 9.90. The molecule has 15 heavy (non-hydrogen) atoms. The number of unbranched alkanes of at least 4 members (excludes halogenated alkanes) is 2. The van der Waals surface area contributed by atoms with Crippen molar-refractivity contribution in [2.24, 2.45) is 5.92 Å². The third kappa shape index (κ3) is 3.17. The summed E-state index contributed by atoms with van der Waals surface area (Å²) in [6.45, 7) is 0.392. The van der Waals surface area contributed by atoms with E-state index in [4.69, 9.17) is 5.11 Å². The lowest BCUT2D eigenvalue weighted by Crippen LogP contribution is -2.29. The predicted octanol–water partition coefficient (Wildman–Crippen LogP) is 3.59. The van der Waals surface area contributed by atoms with Crippen molar-refractivity contribution in [2.75, 3.05) is 18.9 Å². The summed E-state index contributed by atoms with van der Waals surface area (Å²) in [5.74, 6) is 1.10. The van der Waals surface area contributed by atoms with Crippen LogP contribution < -0.4 is 0 Å². The van der Waals surface area contributed by atoms with E-state index >= 15 is 0 Å². The van der Waals surface area contributed by atoms with Crippen molar-refractivity contribution < 1.29 is 5.11 Å². The van der Waals surface area contributed by atoms with Crippen LogP contribution in [0.3, 0.4) is 0 Å². The molecule has 0 spiro atoms. The highest BCUT2D eigenvalue weighted by Gasteiger charge is 2.34. The molecule has 0 amide bonds. The van der Waals surface area contributed by atoms with E-state index in [1.165, 1.54) is 44.9 Å². The molecule has 2 bridgehead atoms. The maximum atomic E-state index is 8.77. The van der Waals surface area contributed by atoms with Gasteiger partial charge in [-0.25, -0.2) is 0 Å². The van der Waals surface area contributed by atoms with Crippen LogP contribution in [0.15, 0.2) is 0 Å². The van der Waals surface area contributed by atoms with E-state index in [2.05, 4.69) is 0 Å². The average molecular weight is 228 g/mol. The Hall–Kier alpha value is 0.390. The second kappa shape index (κ2) is 6.21. The molecule has 0 aliphatic carbocycles. The molecule has 0 aromatic rings. The minimum atomic E-state index is 0.392. The SMILES string of the molecule is OCCCCCC1C2CCCP1CCC2. The van der Waals surface area contributed by atoms with Crippen LogP contribution in [0.2, 0.25) is 0 Å². The molecule has 0 radical (unpaired) electrons. The summed E-state index contributed by atoms with van der Waals surface area (Å²) in [5, 5.41) is 8.77. The van der Waals surface area contributed by atoms with Crippen LogP contribution in [0.4, 0.5) is 0 Å². The standard InChI is InChI=1S/C13H25OP/c14-9-3-1-2-8-13-12-6-4-10-15(13)11-5-7-12/h12-14H,1-11H2. The largest absolute Gasteiger partial charge is 0.396 e. The van der Waals surface area contributed by atoms with Crippen molar-refractivity contribution in [3.63, 3.8) is 0 Å². The maximum absolute atomic E-state index is 8.77. The van der Waals surface area contributed by atoms with Crippen LogP contribution in [0, 0.1) is 5.92 Å². The number of rotatable bonds is 5. The summed E-state index contributed by atoms with van der Waals surface area (Å²) in [7, 11) is 0.431. The highest BCUT2D eigenvalue weighted by Crippen LogP contribution is 2.57. The van der Waals surface area contributed by atoms with Gasteiger partial charge in [-0.05, 0) is 62.4 Å². The molecule has 1 nitrogen and oxygen atoms in total. The van der Waals surface area contributed by atoms with Gasteiger partial charge in [0.15, 0.2) is 0 Å². The molecule has 88 valence electrons. The fourth-order valence-electron chi connectivity index (χ4n) is 3.44. The van der Waals surface area contributed by atoms with E-state index in [0.29, 0.717) is 14.5 Å². The third-order valence-electron chi connectivity index (χ3n) is 4.21. The van der Waals surface area contributed by atoms with Gasteiger partial charge in [0.2, 0.25) is 0 Å². The molecule has 2 rings (SSSR count). The second-order valence-corrected chi connectivity index (χ2v) is 7.96. The van der Waals surface area contributed by atoms with E-state index < -0.39 is 0 Å². The first kappa shape index (κ1) is 11.9. The maximum Gasteiger partial charge on any atom is 0.0431 e. The average Bonchev–Trinajstić information content (AvgIpc) is 2.24. The summed E-state index contributed by atoms with van der Waals surface area (Å²) in [6.07, 6.45) is 14.4. The monoisotopic (exact) mass is 228 g/mol. The molecule has 2 heteroatoms. The van der Waals surface area contributed by atoms with Gasteiger partial charge in [-0.3, -0.25) is 0 Å². The lowest BCUT2D eigenvalue weighted by molar-refractivity contribution is 0.280. The van der Waals surface area contributed by atoms with E-state index in [0.717, 1.165) is 18.0 Å². The summed E-state index contributed by atoms with van der Waals surface area (Å²) in [6, 6.07) is 0. The molecule has 0 saturated carbocycles. The molecular formula is C13H25OP. The Labute approximate surface area is 95.4 Å². The van der Waals surface area contributed by atoms with E-state index in [9.17, 15) is 0 Å². The number of hydrogen-bond acceptors (Lipinski definition) is 1. The first-order chi connectivity index (χ1) is 7.42. The summed E-state index contributed by atoms with van der Waals surface area (Å²) in [4.78, 5) is 0. The molecule has 2 saturated heterocycles. The minimum absolute atomic E-state index is 0.392. The minimum Gasteiger partial charge on any atom is -0.396 e. The molecular weight excluding hydrogens is 203 g/mol. The zero-order chi connectivity index (χ0) is 10.5. The molecule has 1 atom stereocenters. The fraction of sp³-hybridized carbons (Fsp3) is 1.00. The Morgan fingerprint density at radius 3 is 2.33 bits per heavy atom. The molecule has 2 aliphatic heterocycles. The Morgan fingerprint density at radius 2 is 1.73 bits per heavy atom. The van der Waals surface area contributed by atoms with Gasteiger partial charge in [-0.15, -0.1) is 7.92 Å². The van der Waals surface area contributed by atoms with Gasteiger partial charge >= 0.3 is 0 Å². The number of hydrogen-bond donors (Lipinski definition) is 1. The van der Waals surface area contributed by atoms with E-state index in [-0.39, 0.29) is 0 Å². The first-order valence-corrected chi connectivity index (χ1v) is 8.55. The molecule has 1 N–H and O–H groups in total. The van der Waals surface area contributed by atoms with Crippen molar-refractivity contribution in [1.82, 2.24) is 0 Å². The number of aliphatic hydroxyl groups excluding tert-OH is 1. The molecule has 0 aromatic carbocycles. The molecule has 2 heterocycles. The fourth-order valence-corrected chi connectivity index (χ4v) is 6.95. The van der Waals surface area contributed by atoms with Crippen molar-refractivity contribution in [3.05, 3.63) is 0 Å². The summed E-state index contributed by atoms with van der Waals surface area (Å²) in [5.41, 5.74) is 1.13. The van der Waals surface area contributed by atoms with Crippen molar-refractivity contribution in [1.29, 1.82) is 0 Å². The Kier molecular flexibility index (Phi) is 4.91. The lowest BCUT2D eigenvalue weighted by Gasteiger charge is -2.43. The highest BCUT2D eigenvalue weighted by atomic mass is 31.1. The molecule has 1 unspecified atom stereocenters. The van der Waals surface area contributed by atoms with E-state index in [1.807, 2.05) is 0 Å². The van der Waals surface area contributed by atoms with Crippen LogP contribution in [-0.4, -0.2) is 29.7 Å². The van der Waals surface area contributed by atoms with Crippen molar-refractivity contribution >= 4 is 7.92 Å². The zero-order valence-electron chi connectivity index (χ0n) is 9.83. The van der Waals surface area contributed by atoms with Crippen LogP contribution in [0.1, 0.15) is 51.4 Å². The van der Waals surface area contributed by atoms with Crippen LogP contribution in [-0.2, 0) is 0 Å². The van der Waals surface area contributed by atoms with Crippen molar-refractivity contribution in [3.8, 4) is 0 Å². The Bertz CT molecular complexity index is 161. The molecule has 2 fully saturated rings. The third-order valence-corrected chi connectivity index (χ3v) is 7.61. The number of fused-ring (bicyclic) bond motifs is 2. The van der Waals surface area contributed by atoms with Crippen LogP contribution in [0.5, 0.6) is 0 Å². The smallest absolute Gasteiger partial charge is 0.0431 e. The predicted molar refractivity (Wildman–Crippen MR) is 68.0 cm³/mol. The normalized spacial score (nSPS) is 35.4. The van der Waals surface area contributed by atoms with Gasteiger partial charge in [-0.1, -0.05) is 12.8 Å². The second-order valence-electron chi connectivity index (χ2n) is 5.22. The summed E-state index contributed by atoms with van der Waals surface area (Å²) >= 11 is 0. The summed E-state index contributed by atoms with van der Waals surface area (Å²) < 4.78 is 0. The van der Waals surface area contributed by atoms with Gasteiger partial charge in [0.1, 0.15) is 0 Å². The topological polar surface area (TPSA) is 20.2 Å². The van der Waals surface area contributed by atoms with Gasteiger partial charge in [0, 0.05) is 6.61 Å². The number of aliphatic hydroxyl groups is 1. The molecule has 2 aliphatic rings. The Morgan fingerprint density at radius 1 is 1.00 bits per heavy atom. The van der Waals surface area contributed by atoms with E-state index in [1.54, 1.807) is 12.3 Å². The van der Waals surface area contributed by atoms with Gasteiger partial charge in [-0.2, -0.15) is 0 Å². The zero-order valence-corrected chi connectivity index (χ0v) is 10.7. The molecule has 0 aromatic heterocycles. The van der Waals surface area contributed by atoms with Crippen LogP contribution in [0.25, 0.3) is 0 Å². The highest BCUT2D eigenvalue weighted by molar-refractivity contribution is 7.58. The van der Waals surface area contributed by atoms with Gasteiger partial charge in [0.05, 0.1) is 0 Å². The quantitative estimate of drug-likeness (QED) is 0.563. The van der Waals surface area contributed by atoms with Crippen LogP contribution >= 0.6 is 7.92 Å².